The molecule has 0 spiro atoms. The number of ketones is 1. The van der Waals surface area contributed by atoms with Crippen LogP contribution in [0.3, 0.4) is 0 Å². The molecule has 0 aliphatic carbocycles. The van der Waals surface area contributed by atoms with Crippen molar-refractivity contribution in [1.29, 1.82) is 0 Å². The minimum atomic E-state index is -0.661. The summed E-state index contributed by atoms with van der Waals surface area (Å²) in [4.78, 5) is 54.4. The zero-order valence-electron chi connectivity index (χ0n) is 20.0. The Hall–Kier alpha value is -4.44. The van der Waals surface area contributed by atoms with E-state index in [4.69, 9.17) is 4.74 Å². The highest BCUT2D eigenvalue weighted by atomic mass is 32.1. The van der Waals surface area contributed by atoms with Crippen molar-refractivity contribution in [2.24, 2.45) is 0 Å². The highest BCUT2D eigenvalue weighted by Crippen LogP contribution is 2.28. The van der Waals surface area contributed by atoms with Gasteiger partial charge in [0.1, 0.15) is 17.3 Å². The Morgan fingerprint density at radius 3 is 2.68 bits per heavy atom. The van der Waals surface area contributed by atoms with E-state index in [-0.39, 0.29) is 30.3 Å². The number of hydrogen-bond acceptors (Lipinski definition) is 8. The van der Waals surface area contributed by atoms with Crippen LogP contribution >= 0.6 is 11.3 Å². The topological polar surface area (TPSA) is 114 Å². The summed E-state index contributed by atoms with van der Waals surface area (Å²) < 4.78 is 5.07. The number of pyridine rings is 3. The molecule has 1 aliphatic rings. The van der Waals surface area contributed by atoms with Gasteiger partial charge in [0.15, 0.2) is 5.78 Å². The molecule has 4 aromatic rings. The SMILES string of the molecule is COc1ccc(NC(=O)c2ccc(CN3C(=O)c4sccc4CC(=O)C3Cc3ccccn3)cn2)nc1. The van der Waals surface area contributed by atoms with Crippen molar-refractivity contribution in [3.8, 4) is 5.75 Å². The van der Waals surface area contributed by atoms with Crippen LogP contribution in [0.15, 0.2) is 72.5 Å². The monoisotopic (exact) mass is 513 g/mol. The van der Waals surface area contributed by atoms with E-state index in [0.717, 1.165) is 11.3 Å². The summed E-state index contributed by atoms with van der Waals surface area (Å²) in [6.07, 6.45) is 5.26. The number of ether oxygens (including phenoxy) is 1. The molecule has 1 aliphatic heterocycles. The molecule has 1 unspecified atom stereocenters. The molecule has 0 saturated carbocycles. The highest BCUT2D eigenvalue weighted by molar-refractivity contribution is 7.12. The Morgan fingerprint density at radius 2 is 1.97 bits per heavy atom. The third-order valence-electron chi connectivity index (χ3n) is 6.07. The van der Waals surface area contributed by atoms with Crippen molar-refractivity contribution in [2.75, 3.05) is 12.4 Å². The summed E-state index contributed by atoms with van der Waals surface area (Å²) in [7, 11) is 1.54. The number of aromatic nitrogens is 3. The van der Waals surface area contributed by atoms with E-state index in [2.05, 4.69) is 20.3 Å². The van der Waals surface area contributed by atoms with Crippen molar-refractivity contribution in [3.63, 3.8) is 0 Å². The van der Waals surface area contributed by atoms with Gasteiger partial charge in [0, 0.05) is 37.5 Å². The third-order valence-corrected chi connectivity index (χ3v) is 7.01. The number of carbonyl (C=O) groups excluding carboxylic acids is 3. The molecule has 0 fully saturated rings. The number of carbonyl (C=O) groups is 3. The number of anilines is 1. The summed E-state index contributed by atoms with van der Waals surface area (Å²) in [5, 5.41) is 4.52. The predicted molar refractivity (Wildman–Crippen MR) is 138 cm³/mol. The number of Topliss-reactive ketones (excluding diaryl/α,β-unsaturated/α-hetero) is 1. The summed E-state index contributed by atoms with van der Waals surface area (Å²) in [6, 6.07) is 13.3. The number of nitrogens with zero attached hydrogens (tertiary/aromatic N) is 4. The largest absolute Gasteiger partial charge is 0.495 e. The van der Waals surface area contributed by atoms with E-state index < -0.39 is 11.9 Å². The molecular formula is C27H23N5O4S. The second-order valence-corrected chi connectivity index (χ2v) is 9.40. The molecule has 0 bridgehead atoms. The van der Waals surface area contributed by atoms with Crippen LogP contribution < -0.4 is 10.1 Å². The van der Waals surface area contributed by atoms with Gasteiger partial charge in [-0.05, 0) is 52.9 Å². The van der Waals surface area contributed by atoms with E-state index in [1.165, 1.54) is 24.6 Å². The molecule has 186 valence electrons. The number of fused-ring (bicyclic) bond motifs is 1. The molecule has 5 rings (SSSR count). The molecule has 5 heterocycles. The lowest BCUT2D eigenvalue weighted by molar-refractivity contribution is -0.122. The number of thiophene rings is 1. The standard InChI is InChI=1S/C27H23N5O4S/c1-36-20-6-8-24(30-15-20)31-26(34)21-7-5-17(14-29-21)16-32-22(13-19-4-2-3-10-28-19)23(33)12-18-9-11-37-25(18)27(32)35/h2-11,14-15,22H,12-13,16H2,1H3,(H,30,31,34). The first-order chi connectivity index (χ1) is 18.0. The van der Waals surface area contributed by atoms with Gasteiger partial charge in [0.05, 0.1) is 24.2 Å². The lowest BCUT2D eigenvalue weighted by Gasteiger charge is -2.29. The van der Waals surface area contributed by atoms with Crippen LogP contribution in [0.25, 0.3) is 0 Å². The van der Waals surface area contributed by atoms with Crippen LogP contribution in [0.5, 0.6) is 5.75 Å². The third kappa shape index (κ3) is 5.39. The zero-order chi connectivity index (χ0) is 25.8. The molecule has 0 radical (unpaired) electrons. The molecule has 10 heteroatoms. The average Bonchev–Trinajstić information content (AvgIpc) is 3.36. The van der Waals surface area contributed by atoms with E-state index in [1.54, 1.807) is 41.6 Å². The predicted octanol–water partition coefficient (Wildman–Crippen LogP) is 3.57. The second kappa shape index (κ2) is 10.7. The van der Waals surface area contributed by atoms with Crippen LogP contribution in [0, 0.1) is 0 Å². The maximum Gasteiger partial charge on any atom is 0.275 e. The maximum absolute atomic E-state index is 13.5. The lowest BCUT2D eigenvalue weighted by Crippen LogP contribution is -2.44. The van der Waals surface area contributed by atoms with Gasteiger partial charge in [-0.25, -0.2) is 4.98 Å². The fourth-order valence-electron chi connectivity index (χ4n) is 4.14. The Balaban J connectivity index is 1.35. The van der Waals surface area contributed by atoms with Gasteiger partial charge in [0.25, 0.3) is 11.8 Å². The van der Waals surface area contributed by atoms with Crippen LogP contribution in [0.1, 0.15) is 37.0 Å². The van der Waals surface area contributed by atoms with Crippen molar-refractivity contribution < 1.29 is 19.1 Å². The highest BCUT2D eigenvalue weighted by Gasteiger charge is 2.36. The number of amides is 2. The van der Waals surface area contributed by atoms with Gasteiger partial charge in [0.2, 0.25) is 0 Å². The fraction of sp³-hybridized carbons (Fsp3) is 0.185. The first-order valence-corrected chi connectivity index (χ1v) is 12.5. The Morgan fingerprint density at radius 1 is 1.08 bits per heavy atom. The van der Waals surface area contributed by atoms with Gasteiger partial charge in [-0.15, -0.1) is 11.3 Å². The summed E-state index contributed by atoms with van der Waals surface area (Å²) >= 11 is 1.34. The van der Waals surface area contributed by atoms with Crippen molar-refractivity contribution in [1.82, 2.24) is 19.9 Å². The number of rotatable bonds is 7. The Bertz CT molecular complexity index is 1420. The fourth-order valence-corrected chi connectivity index (χ4v) is 5.02. The summed E-state index contributed by atoms with van der Waals surface area (Å²) in [6.45, 7) is 0.175. The molecule has 0 aromatic carbocycles. The van der Waals surface area contributed by atoms with Gasteiger partial charge in [-0.3, -0.25) is 24.4 Å². The quantitative estimate of drug-likeness (QED) is 0.402. The molecule has 2 amide bonds. The molecule has 37 heavy (non-hydrogen) atoms. The van der Waals surface area contributed by atoms with Crippen molar-refractivity contribution >= 4 is 34.8 Å². The number of methoxy groups -OCH3 is 1. The normalized spacial score (nSPS) is 15.2. The van der Waals surface area contributed by atoms with Gasteiger partial charge < -0.3 is 15.0 Å². The molecule has 1 N–H and O–H groups in total. The first kappa shape index (κ1) is 24.3. The average molecular weight is 514 g/mol. The maximum atomic E-state index is 13.5. The van der Waals surface area contributed by atoms with Crippen LogP contribution in [0.2, 0.25) is 0 Å². The minimum absolute atomic E-state index is 0.0351. The number of nitrogens with one attached hydrogen (secondary N) is 1. The Kier molecular flexibility index (Phi) is 7.00. The zero-order valence-corrected chi connectivity index (χ0v) is 20.8. The van der Waals surface area contributed by atoms with Crippen LogP contribution in [0.4, 0.5) is 5.82 Å². The molecular weight excluding hydrogens is 490 g/mol. The first-order valence-electron chi connectivity index (χ1n) is 11.6. The van der Waals surface area contributed by atoms with E-state index in [1.807, 2.05) is 29.6 Å². The molecule has 0 saturated heterocycles. The van der Waals surface area contributed by atoms with E-state index >= 15 is 0 Å². The van der Waals surface area contributed by atoms with E-state index in [9.17, 15) is 14.4 Å². The van der Waals surface area contributed by atoms with Crippen molar-refractivity contribution in [2.45, 2.75) is 25.4 Å². The van der Waals surface area contributed by atoms with Crippen molar-refractivity contribution in [3.05, 3.63) is 99.9 Å². The summed E-state index contributed by atoms with van der Waals surface area (Å²) in [5.74, 6) is 0.310. The minimum Gasteiger partial charge on any atom is -0.495 e. The van der Waals surface area contributed by atoms with Gasteiger partial charge in [-0.2, -0.15) is 0 Å². The van der Waals surface area contributed by atoms with E-state index in [0.29, 0.717) is 28.4 Å². The van der Waals surface area contributed by atoms with Crippen LogP contribution in [-0.2, 0) is 24.2 Å². The number of hydrogen-bond donors (Lipinski definition) is 1. The Labute approximate surface area is 217 Å². The van der Waals surface area contributed by atoms with Gasteiger partial charge in [-0.1, -0.05) is 12.1 Å². The van der Waals surface area contributed by atoms with Crippen LogP contribution in [-0.4, -0.2) is 50.6 Å². The smallest absolute Gasteiger partial charge is 0.275 e. The summed E-state index contributed by atoms with van der Waals surface area (Å²) in [5.41, 5.74) is 2.39. The lowest BCUT2D eigenvalue weighted by atomic mass is 10.0. The second-order valence-electron chi connectivity index (χ2n) is 8.48. The molecule has 4 aromatic heterocycles. The molecule has 9 nitrogen and oxygen atoms in total. The van der Waals surface area contributed by atoms with Gasteiger partial charge >= 0.3 is 0 Å². The molecule has 1 atom stereocenters.